The Kier molecular flexibility index (Phi) is 6.20. The van der Waals surface area contributed by atoms with Gasteiger partial charge < -0.3 is 10.0 Å². The highest BCUT2D eigenvalue weighted by Gasteiger charge is 2.20. The quantitative estimate of drug-likeness (QED) is 0.783. The molecule has 6 heteroatoms. The monoisotopic (exact) mass is 310 g/mol. The van der Waals surface area contributed by atoms with Crippen LogP contribution in [0.5, 0.6) is 0 Å². The highest BCUT2D eigenvalue weighted by molar-refractivity contribution is 7.09. The number of piperazine rings is 1. The van der Waals surface area contributed by atoms with Gasteiger partial charge in [0.15, 0.2) is 0 Å². The Balaban J connectivity index is 1.63. The van der Waals surface area contributed by atoms with Crippen LogP contribution in [0, 0.1) is 0 Å². The summed E-state index contributed by atoms with van der Waals surface area (Å²) in [4.78, 5) is 28.1. The molecule has 1 N–H and O–H groups in total. The molecule has 0 atom stereocenters. The predicted molar refractivity (Wildman–Crippen MR) is 82.3 cm³/mol. The smallest absolute Gasteiger partial charge is 0.303 e. The zero-order valence-corrected chi connectivity index (χ0v) is 13.0. The van der Waals surface area contributed by atoms with Crippen LogP contribution in [0.15, 0.2) is 17.5 Å². The van der Waals surface area contributed by atoms with Gasteiger partial charge in [0.1, 0.15) is 0 Å². The van der Waals surface area contributed by atoms with E-state index in [0.29, 0.717) is 19.3 Å². The second-order valence-electron chi connectivity index (χ2n) is 5.34. The van der Waals surface area contributed by atoms with Crippen molar-refractivity contribution in [1.29, 1.82) is 0 Å². The summed E-state index contributed by atoms with van der Waals surface area (Å²) in [5.74, 6) is -0.624. The van der Waals surface area contributed by atoms with E-state index in [9.17, 15) is 9.59 Å². The van der Waals surface area contributed by atoms with Crippen molar-refractivity contribution in [1.82, 2.24) is 9.80 Å². The average Bonchev–Trinajstić information content (AvgIpc) is 2.97. The van der Waals surface area contributed by atoms with E-state index in [4.69, 9.17) is 5.11 Å². The van der Waals surface area contributed by atoms with Crippen molar-refractivity contribution in [3.63, 3.8) is 0 Å². The Morgan fingerprint density at radius 2 is 1.86 bits per heavy atom. The maximum atomic E-state index is 12.0. The van der Waals surface area contributed by atoms with Gasteiger partial charge in [0.25, 0.3) is 0 Å². The molecule has 2 rings (SSSR count). The van der Waals surface area contributed by atoms with Crippen LogP contribution in [0.3, 0.4) is 0 Å². The third-order valence-electron chi connectivity index (χ3n) is 3.72. The van der Waals surface area contributed by atoms with Gasteiger partial charge in [-0.05, 0) is 24.3 Å². The van der Waals surface area contributed by atoms with Crippen molar-refractivity contribution in [2.45, 2.75) is 32.2 Å². The fourth-order valence-electron chi connectivity index (χ4n) is 2.49. The van der Waals surface area contributed by atoms with E-state index in [0.717, 1.165) is 32.7 Å². The zero-order valence-electron chi connectivity index (χ0n) is 12.2. The van der Waals surface area contributed by atoms with Crippen LogP contribution in [0.4, 0.5) is 0 Å². The summed E-state index contributed by atoms with van der Waals surface area (Å²) in [6.45, 7) is 4.36. The molecule has 0 radical (unpaired) electrons. The number of amides is 1. The highest BCUT2D eigenvalue weighted by Crippen LogP contribution is 2.14. The van der Waals surface area contributed by atoms with Gasteiger partial charge in [-0.3, -0.25) is 14.5 Å². The van der Waals surface area contributed by atoms with Crippen LogP contribution in [0.2, 0.25) is 0 Å². The lowest BCUT2D eigenvalue weighted by molar-refractivity contribution is -0.138. The minimum atomic E-state index is -0.787. The third-order valence-corrected chi connectivity index (χ3v) is 4.58. The molecule has 1 fully saturated rings. The molecular formula is C15H22N2O3S. The molecule has 1 aromatic heterocycles. The van der Waals surface area contributed by atoms with Crippen LogP contribution in [0.1, 0.15) is 30.6 Å². The molecule has 0 unspecified atom stereocenters. The van der Waals surface area contributed by atoms with E-state index in [1.807, 2.05) is 4.90 Å². The largest absolute Gasteiger partial charge is 0.481 e. The molecule has 5 nitrogen and oxygen atoms in total. The van der Waals surface area contributed by atoms with Crippen molar-refractivity contribution in [2.75, 3.05) is 26.2 Å². The molecule has 0 spiro atoms. The minimum absolute atomic E-state index is 0.155. The first kappa shape index (κ1) is 16.0. The topological polar surface area (TPSA) is 60.9 Å². The van der Waals surface area contributed by atoms with Gasteiger partial charge in [-0.25, -0.2) is 0 Å². The Bertz CT molecular complexity index is 453. The van der Waals surface area contributed by atoms with Gasteiger partial charge in [-0.2, -0.15) is 0 Å². The number of thiophene rings is 1. The number of carbonyl (C=O) groups is 2. The predicted octanol–water partition coefficient (Wildman–Crippen LogP) is 2.04. The van der Waals surface area contributed by atoms with E-state index in [1.54, 1.807) is 11.3 Å². The SMILES string of the molecule is O=C(O)CCCCC(=O)N1CCN(Cc2cccs2)CC1. The van der Waals surface area contributed by atoms with E-state index in [2.05, 4.69) is 22.4 Å². The van der Waals surface area contributed by atoms with Gasteiger partial charge in [-0.15, -0.1) is 11.3 Å². The summed E-state index contributed by atoms with van der Waals surface area (Å²) in [6, 6.07) is 4.21. The van der Waals surface area contributed by atoms with E-state index in [-0.39, 0.29) is 12.3 Å². The zero-order chi connectivity index (χ0) is 15.1. The van der Waals surface area contributed by atoms with E-state index < -0.39 is 5.97 Å². The molecule has 0 bridgehead atoms. The molecule has 1 saturated heterocycles. The van der Waals surface area contributed by atoms with Gasteiger partial charge in [0.2, 0.25) is 5.91 Å². The number of carbonyl (C=O) groups excluding carboxylic acids is 1. The molecule has 1 amide bonds. The molecule has 116 valence electrons. The maximum absolute atomic E-state index is 12.0. The first-order valence-electron chi connectivity index (χ1n) is 7.39. The molecule has 0 aliphatic carbocycles. The van der Waals surface area contributed by atoms with Gasteiger partial charge in [-0.1, -0.05) is 6.07 Å². The second kappa shape index (κ2) is 8.14. The number of rotatable bonds is 7. The molecule has 1 aliphatic heterocycles. The lowest BCUT2D eigenvalue weighted by Gasteiger charge is -2.34. The Morgan fingerprint density at radius 3 is 2.48 bits per heavy atom. The summed E-state index contributed by atoms with van der Waals surface area (Å²) in [5, 5.41) is 10.7. The Morgan fingerprint density at radius 1 is 1.14 bits per heavy atom. The number of unbranched alkanes of at least 4 members (excludes halogenated alkanes) is 1. The van der Waals surface area contributed by atoms with Crippen molar-refractivity contribution >= 4 is 23.2 Å². The van der Waals surface area contributed by atoms with E-state index in [1.165, 1.54) is 4.88 Å². The van der Waals surface area contributed by atoms with Gasteiger partial charge in [0.05, 0.1) is 0 Å². The van der Waals surface area contributed by atoms with Crippen LogP contribution >= 0.6 is 11.3 Å². The molecule has 1 aliphatic rings. The summed E-state index contributed by atoms with van der Waals surface area (Å²) < 4.78 is 0. The van der Waals surface area contributed by atoms with Crippen LogP contribution in [-0.2, 0) is 16.1 Å². The normalized spacial score (nSPS) is 16.1. The standard InChI is InChI=1S/C15H22N2O3S/c18-14(5-1-2-6-15(19)20)17-9-7-16(8-10-17)12-13-4-3-11-21-13/h3-4,11H,1-2,5-10,12H2,(H,19,20). The maximum Gasteiger partial charge on any atom is 0.303 e. The van der Waals surface area contributed by atoms with Crippen molar-refractivity contribution < 1.29 is 14.7 Å². The number of hydrogen-bond donors (Lipinski definition) is 1. The Hall–Kier alpha value is -1.40. The molecular weight excluding hydrogens is 288 g/mol. The number of nitrogens with zero attached hydrogens (tertiary/aromatic N) is 2. The van der Waals surface area contributed by atoms with Crippen molar-refractivity contribution in [3.05, 3.63) is 22.4 Å². The van der Waals surface area contributed by atoms with Crippen LogP contribution in [-0.4, -0.2) is 53.0 Å². The summed E-state index contributed by atoms with van der Waals surface area (Å²) in [5.41, 5.74) is 0. The average molecular weight is 310 g/mol. The fraction of sp³-hybridized carbons (Fsp3) is 0.600. The summed E-state index contributed by atoms with van der Waals surface area (Å²) >= 11 is 1.77. The summed E-state index contributed by atoms with van der Waals surface area (Å²) in [7, 11) is 0. The lowest BCUT2D eigenvalue weighted by atomic mass is 10.1. The number of carboxylic acids is 1. The minimum Gasteiger partial charge on any atom is -0.481 e. The third kappa shape index (κ3) is 5.47. The molecule has 21 heavy (non-hydrogen) atoms. The molecule has 0 aromatic carbocycles. The summed E-state index contributed by atoms with van der Waals surface area (Å²) in [6.07, 6.45) is 1.88. The second-order valence-corrected chi connectivity index (χ2v) is 6.37. The highest BCUT2D eigenvalue weighted by atomic mass is 32.1. The molecule has 0 saturated carbocycles. The van der Waals surface area contributed by atoms with Crippen molar-refractivity contribution in [3.8, 4) is 0 Å². The van der Waals surface area contributed by atoms with Crippen LogP contribution < -0.4 is 0 Å². The molecule has 1 aromatic rings. The van der Waals surface area contributed by atoms with Gasteiger partial charge in [0, 0.05) is 50.4 Å². The van der Waals surface area contributed by atoms with Crippen molar-refractivity contribution in [2.24, 2.45) is 0 Å². The van der Waals surface area contributed by atoms with Crippen LogP contribution in [0.25, 0.3) is 0 Å². The first-order valence-corrected chi connectivity index (χ1v) is 8.27. The number of hydrogen-bond acceptors (Lipinski definition) is 4. The molecule has 2 heterocycles. The van der Waals surface area contributed by atoms with Gasteiger partial charge >= 0.3 is 5.97 Å². The van der Waals surface area contributed by atoms with E-state index >= 15 is 0 Å². The Labute approximate surface area is 129 Å². The lowest BCUT2D eigenvalue weighted by Crippen LogP contribution is -2.48. The fourth-order valence-corrected chi connectivity index (χ4v) is 3.24. The first-order chi connectivity index (χ1) is 10.1. The number of aliphatic carboxylic acids is 1. The number of carboxylic acid groups (broad SMARTS) is 1.